The molecule has 0 aliphatic carbocycles. The first-order chi connectivity index (χ1) is 26.9. The number of carbonyl (C=O) groups excluding carboxylic acids is 3. The Balaban J connectivity index is 1.06. The van der Waals surface area contributed by atoms with Gasteiger partial charge in [0.15, 0.2) is 5.75 Å². The van der Waals surface area contributed by atoms with Gasteiger partial charge in [-0.2, -0.15) is 0 Å². The number of rotatable bonds is 11. The zero-order valence-electron chi connectivity index (χ0n) is 32.2. The number of fused-ring (bicyclic) bond motifs is 2. The Bertz CT molecular complexity index is 2250. The number of aromatic amines is 2. The predicted molar refractivity (Wildman–Crippen MR) is 209 cm³/mol. The molecule has 4 atom stereocenters. The molecular weight excluding hydrogens is 716 g/mol. The van der Waals surface area contributed by atoms with Crippen molar-refractivity contribution in [2.75, 3.05) is 20.2 Å². The van der Waals surface area contributed by atoms with E-state index in [-0.39, 0.29) is 35.7 Å². The van der Waals surface area contributed by atoms with Crippen LogP contribution in [-0.2, 0) is 14.3 Å². The van der Waals surface area contributed by atoms with Gasteiger partial charge in [0.2, 0.25) is 11.8 Å². The van der Waals surface area contributed by atoms with Crippen LogP contribution in [0.25, 0.3) is 33.2 Å². The number of carbonyl (C=O) groups is 4. The number of alkyl carbamates (subject to hydrolysis) is 1. The van der Waals surface area contributed by atoms with Crippen molar-refractivity contribution in [1.82, 2.24) is 40.4 Å². The van der Waals surface area contributed by atoms with Crippen LogP contribution in [-0.4, -0.2) is 91.1 Å². The molecule has 0 saturated carbocycles. The minimum absolute atomic E-state index is 0.119. The molecule has 2 saturated heterocycles. The molecule has 2 aromatic heterocycles. The number of ether oxygens (including phenoxy) is 2. The second-order valence-electron chi connectivity index (χ2n) is 15.2. The standard InChI is InChI=1S/C41H48N8O7/c1-22(2)33(46-40(52)53)38(50)49-20-8-11-31(49)37-43-28-9-6-12-32(35(28)45-37)56-26-16-13-24(14-17-26)25-15-18-27-29(21-25)44-36(42-27)30-10-7-19-48(30)39(51)34(23(3)4)47-41(54)55-5/h6,9,12-18,21-23,30-31,33-34,46H,7-8,10-11,19-20H2,1-5H3,(H,42,44)(H,43,45)(H,47,54)(H,52,53)/t30?,31-,33-,34-/m0/s1. The maximum absolute atomic E-state index is 13.6. The number of para-hydroxylation sites is 1. The summed E-state index contributed by atoms with van der Waals surface area (Å²) in [6, 6.07) is 17.4. The number of likely N-dealkylation sites (tertiary alicyclic amines) is 2. The Morgan fingerprint density at radius 3 is 1.96 bits per heavy atom. The Kier molecular flexibility index (Phi) is 10.9. The maximum atomic E-state index is 13.6. The fourth-order valence-corrected chi connectivity index (χ4v) is 7.81. The molecule has 0 spiro atoms. The van der Waals surface area contributed by atoms with Crippen molar-refractivity contribution in [3.8, 4) is 22.6 Å². The molecule has 4 amide bonds. The average Bonchev–Trinajstić information content (AvgIpc) is 4.00. The van der Waals surface area contributed by atoms with E-state index in [4.69, 9.17) is 19.4 Å². The van der Waals surface area contributed by atoms with Crippen molar-refractivity contribution in [3.05, 3.63) is 72.3 Å². The highest BCUT2D eigenvalue weighted by Gasteiger charge is 2.39. The fourth-order valence-electron chi connectivity index (χ4n) is 7.81. The largest absolute Gasteiger partial charge is 0.465 e. The van der Waals surface area contributed by atoms with Gasteiger partial charge in [-0.25, -0.2) is 19.6 Å². The summed E-state index contributed by atoms with van der Waals surface area (Å²) in [5.74, 6) is 1.80. The number of hydrogen-bond acceptors (Lipinski definition) is 8. The number of nitrogens with zero attached hydrogens (tertiary/aromatic N) is 4. The summed E-state index contributed by atoms with van der Waals surface area (Å²) < 4.78 is 11.1. The van der Waals surface area contributed by atoms with Crippen molar-refractivity contribution in [2.45, 2.75) is 77.5 Å². The van der Waals surface area contributed by atoms with E-state index in [0.717, 1.165) is 46.9 Å². The highest BCUT2D eigenvalue weighted by molar-refractivity contribution is 5.88. The van der Waals surface area contributed by atoms with Crippen molar-refractivity contribution in [3.63, 3.8) is 0 Å². The van der Waals surface area contributed by atoms with Gasteiger partial charge in [-0.1, -0.05) is 52.0 Å². The first-order valence-corrected chi connectivity index (χ1v) is 19.1. The highest BCUT2D eigenvalue weighted by atomic mass is 16.5. The van der Waals surface area contributed by atoms with Gasteiger partial charge in [0.1, 0.15) is 35.0 Å². The number of benzene rings is 3. The van der Waals surface area contributed by atoms with Crippen LogP contribution in [0.2, 0.25) is 0 Å². The third kappa shape index (κ3) is 7.70. The van der Waals surface area contributed by atoms with Gasteiger partial charge in [0.05, 0.1) is 35.7 Å². The lowest BCUT2D eigenvalue weighted by molar-refractivity contribution is -0.136. The Labute approximate surface area is 324 Å². The average molecular weight is 765 g/mol. The van der Waals surface area contributed by atoms with E-state index in [1.807, 2.05) is 88.4 Å². The second kappa shape index (κ2) is 15.9. The van der Waals surface area contributed by atoms with Crippen LogP contribution >= 0.6 is 0 Å². The molecule has 1 unspecified atom stereocenters. The molecule has 2 aliphatic heterocycles. The van der Waals surface area contributed by atoms with Gasteiger partial charge in [-0.15, -0.1) is 0 Å². The number of amides is 4. The smallest absolute Gasteiger partial charge is 0.407 e. The molecule has 4 heterocycles. The summed E-state index contributed by atoms with van der Waals surface area (Å²) in [6.45, 7) is 8.53. The summed E-state index contributed by atoms with van der Waals surface area (Å²) in [4.78, 5) is 70.6. The molecule has 5 N–H and O–H groups in total. The first-order valence-electron chi connectivity index (χ1n) is 19.1. The number of methoxy groups -OCH3 is 1. The fraction of sp³-hybridized carbons (Fsp3) is 0.415. The third-order valence-electron chi connectivity index (χ3n) is 10.7. The predicted octanol–water partition coefficient (Wildman–Crippen LogP) is 6.90. The first kappa shape index (κ1) is 38.2. The Morgan fingerprint density at radius 1 is 0.768 bits per heavy atom. The van der Waals surface area contributed by atoms with E-state index in [2.05, 4.69) is 20.6 Å². The quantitative estimate of drug-likeness (QED) is 0.0951. The van der Waals surface area contributed by atoms with Gasteiger partial charge >= 0.3 is 12.2 Å². The van der Waals surface area contributed by atoms with Crippen molar-refractivity contribution in [2.24, 2.45) is 11.8 Å². The summed E-state index contributed by atoms with van der Waals surface area (Å²) in [7, 11) is 1.28. The number of hydrogen-bond donors (Lipinski definition) is 5. The molecule has 7 rings (SSSR count). The Hall–Kier alpha value is -6.12. The van der Waals surface area contributed by atoms with E-state index < -0.39 is 24.3 Å². The van der Waals surface area contributed by atoms with E-state index in [0.29, 0.717) is 48.2 Å². The monoisotopic (exact) mass is 764 g/mol. The highest BCUT2D eigenvalue weighted by Crippen LogP contribution is 2.37. The number of carboxylic acid groups (broad SMARTS) is 1. The van der Waals surface area contributed by atoms with Gasteiger partial charge in [0, 0.05) is 13.1 Å². The number of aromatic nitrogens is 4. The maximum Gasteiger partial charge on any atom is 0.407 e. The van der Waals surface area contributed by atoms with Gasteiger partial charge in [-0.3, -0.25) is 9.59 Å². The lowest BCUT2D eigenvalue weighted by atomic mass is 10.0. The Morgan fingerprint density at radius 2 is 1.36 bits per heavy atom. The van der Waals surface area contributed by atoms with Gasteiger partial charge in [0.25, 0.3) is 0 Å². The van der Waals surface area contributed by atoms with Crippen LogP contribution in [0.15, 0.2) is 60.7 Å². The number of H-pyrrole nitrogens is 2. The van der Waals surface area contributed by atoms with E-state index in [9.17, 15) is 24.3 Å². The molecule has 0 bridgehead atoms. The van der Waals surface area contributed by atoms with E-state index >= 15 is 0 Å². The topological polar surface area (TPSA) is 195 Å². The van der Waals surface area contributed by atoms with Crippen LogP contribution < -0.4 is 15.4 Å². The molecule has 3 aromatic carbocycles. The van der Waals surface area contributed by atoms with Crippen molar-refractivity contribution in [1.29, 1.82) is 0 Å². The van der Waals surface area contributed by atoms with Crippen LogP contribution in [0, 0.1) is 11.8 Å². The minimum Gasteiger partial charge on any atom is -0.465 e. The molecule has 56 heavy (non-hydrogen) atoms. The lowest BCUT2D eigenvalue weighted by Crippen LogP contribution is -2.51. The third-order valence-corrected chi connectivity index (χ3v) is 10.7. The minimum atomic E-state index is -1.23. The van der Waals surface area contributed by atoms with Crippen molar-refractivity contribution < 1.29 is 33.8 Å². The van der Waals surface area contributed by atoms with Crippen LogP contribution in [0.5, 0.6) is 11.5 Å². The van der Waals surface area contributed by atoms with Crippen LogP contribution in [0.1, 0.15) is 77.1 Å². The van der Waals surface area contributed by atoms with Gasteiger partial charge < -0.3 is 45.0 Å². The molecule has 0 radical (unpaired) electrons. The second-order valence-corrected chi connectivity index (χ2v) is 15.2. The summed E-state index contributed by atoms with van der Waals surface area (Å²) in [5, 5.41) is 14.4. The van der Waals surface area contributed by atoms with Crippen LogP contribution in [0.4, 0.5) is 9.59 Å². The van der Waals surface area contributed by atoms with E-state index in [1.54, 1.807) is 9.80 Å². The lowest BCUT2D eigenvalue weighted by Gasteiger charge is -2.29. The molecule has 15 nitrogen and oxygen atoms in total. The van der Waals surface area contributed by atoms with Crippen molar-refractivity contribution >= 4 is 46.1 Å². The molecular formula is C41H48N8O7. The van der Waals surface area contributed by atoms with Crippen LogP contribution in [0.3, 0.4) is 0 Å². The number of imidazole rings is 2. The summed E-state index contributed by atoms with van der Waals surface area (Å²) in [6.07, 6.45) is 1.23. The molecule has 2 aliphatic rings. The van der Waals surface area contributed by atoms with Gasteiger partial charge in [-0.05, 0) is 85.0 Å². The molecule has 294 valence electrons. The number of nitrogens with one attached hydrogen (secondary N) is 4. The zero-order chi connectivity index (χ0) is 39.7. The summed E-state index contributed by atoms with van der Waals surface area (Å²) in [5.41, 5.74) is 5.01. The summed E-state index contributed by atoms with van der Waals surface area (Å²) >= 11 is 0. The SMILES string of the molecule is COC(=O)N[C@H](C(=O)N1CCCC1c1nc2ccc(-c3ccc(Oc4cccc5[nH]c([C@@H]6CCCN6C(=O)[C@@H](NC(=O)O)C(C)C)nc45)cc3)cc2[nH]1)C(C)C. The molecule has 2 fully saturated rings. The van der Waals surface area contributed by atoms with E-state index in [1.165, 1.54) is 7.11 Å². The molecule has 5 aromatic rings. The zero-order valence-corrected chi connectivity index (χ0v) is 32.2. The normalized spacial score (nSPS) is 18.1. The molecule has 15 heteroatoms.